The van der Waals surface area contributed by atoms with Crippen LogP contribution in [0.2, 0.25) is 0 Å². The van der Waals surface area contributed by atoms with E-state index >= 15 is 0 Å². The maximum absolute atomic E-state index is 9.46. The summed E-state index contributed by atoms with van der Waals surface area (Å²) in [5.41, 5.74) is 2.14. The first-order chi connectivity index (χ1) is 9.29. The lowest BCUT2D eigenvalue weighted by Crippen LogP contribution is -2.21. The molecule has 2 N–H and O–H groups in total. The lowest BCUT2D eigenvalue weighted by molar-refractivity contribution is 0.199. The molecule has 0 saturated carbocycles. The van der Waals surface area contributed by atoms with Crippen LogP contribution >= 0.6 is 0 Å². The molecule has 0 bridgehead atoms. The van der Waals surface area contributed by atoms with Crippen molar-refractivity contribution >= 4 is 0 Å². The van der Waals surface area contributed by atoms with Crippen LogP contribution in [0.1, 0.15) is 11.3 Å². The molecule has 0 unspecified atom stereocenters. The third-order valence-electron chi connectivity index (χ3n) is 2.84. The summed E-state index contributed by atoms with van der Waals surface area (Å²) in [6.07, 6.45) is 1.79. The van der Waals surface area contributed by atoms with Crippen molar-refractivity contribution in [1.82, 2.24) is 15.1 Å². The highest BCUT2D eigenvalue weighted by Crippen LogP contribution is 2.12. The molecular weight excluding hydrogens is 242 g/mol. The summed E-state index contributed by atoms with van der Waals surface area (Å²) in [6.45, 7) is 2.92. The number of hydrogen-bond donors (Lipinski definition) is 2. The molecule has 0 aliphatic heterocycles. The van der Waals surface area contributed by atoms with Gasteiger partial charge in [0.25, 0.3) is 0 Å². The molecule has 0 radical (unpaired) electrons. The molecule has 2 rings (SSSR count). The Labute approximate surface area is 112 Å². The molecule has 1 aromatic carbocycles. The second-order valence-corrected chi connectivity index (χ2v) is 4.32. The summed E-state index contributed by atoms with van der Waals surface area (Å²) in [5.74, 6) is 0.282. The van der Waals surface area contributed by atoms with E-state index in [-0.39, 0.29) is 5.75 Å². The first-order valence-electron chi connectivity index (χ1n) is 6.28. The van der Waals surface area contributed by atoms with Gasteiger partial charge in [0.1, 0.15) is 5.75 Å². The Balaban J connectivity index is 1.95. The van der Waals surface area contributed by atoms with Crippen molar-refractivity contribution in [2.75, 3.05) is 20.3 Å². The fourth-order valence-corrected chi connectivity index (χ4v) is 1.87. The van der Waals surface area contributed by atoms with Crippen molar-refractivity contribution in [3.05, 3.63) is 47.8 Å². The maximum atomic E-state index is 9.46. The second-order valence-electron chi connectivity index (χ2n) is 4.32. The first kappa shape index (κ1) is 13.6. The van der Waals surface area contributed by atoms with Crippen molar-refractivity contribution in [2.45, 2.75) is 13.1 Å². The lowest BCUT2D eigenvalue weighted by atomic mass is 10.2. The van der Waals surface area contributed by atoms with E-state index in [9.17, 15) is 5.11 Å². The Hall–Kier alpha value is -1.85. The van der Waals surface area contributed by atoms with Gasteiger partial charge in [0.2, 0.25) is 0 Å². The number of methoxy groups -OCH3 is 1. The molecule has 1 aromatic heterocycles. The van der Waals surface area contributed by atoms with Gasteiger partial charge in [0.05, 0.1) is 18.8 Å². The van der Waals surface area contributed by atoms with Gasteiger partial charge in [-0.25, -0.2) is 0 Å². The fraction of sp³-hybridized carbons (Fsp3) is 0.357. The first-order valence-corrected chi connectivity index (χ1v) is 6.28. The molecule has 1 heterocycles. The Bertz CT molecular complexity index is 511. The normalized spacial score (nSPS) is 10.8. The zero-order valence-corrected chi connectivity index (χ0v) is 11.0. The summed E-state index contributed by atoms with van der Waals surface area (Å²) in [4.78, 5) is 0. The molecule has 19 heavy (non-hydrogen) atoms. The van der Waals surface area contributed by atoms with Crippen LogP contribution in [0.15, 0.2) is 36.5 Å². The van der Waals surface area contributed by atoms with E-state index in [4.69, 9.17) is 4.74 Å². The number of nitrogens with zero attached hydrogens (tertiary/aromatic N) is 2. The molecule has 0 atom stereocenters. The average Bonchev–Trinajstić information content (AvgIpc) is 2.82. The quantitative estimate of drug-likeness (QED) is 0.739. The van der Waals surface area contributed by atoms with Crippen molar-refractivity contribution in [3.8, 4) is 5.75 Å². The molecule has 0 spiro atoms. The van der Waals surface area contributed by atoms with Crippen LogP contribution in [0.4, 0.5) is 0 Å². The van der Waals surface area contributed by atoms with Crippen molar-refractivity contribution in [3.63, 3.8) is 0 Å². The third-order valence-corrected chi connectivity index (χ3v) is 2.84. The predicted octanol–water partition coefficient (Wildman–Crippen LogP) is 1.37. The Kier molecular flexibility index (Phi) is 4.94. The maximum Gasteiger partial charge on any atom is 0.115 e. The highest BCUT2D eigenvalue weighted by atomic mass is 16.5. The van der Waals surface area contributed by atoms with E-state index in [1.54, 1.807) is 25.4 Å². The van der Waals surface area contributed by atoms with Gasteiger partial charge in [-0.3, -0.25) is 4.68 Å². The standard InChI is InChI=1S/C14H19N3O2/c1-19-8-7-15-10-13-5-6-16-17(13)11-12-3-2-4-14(18)9-12/h2-6,9,15,18H,7-8,10-11H2,1H3. The van der Waals surface area contributed by atoms with Gasteiger partial charge in [-0.15, -0.1) is 0 Å². The zero-order chi connectivity index (χ0) is 13.5. The third kappa shape index (κ3) is 4.08. The monoisotopic (exact) mass is 261 g/mol. The number of phenols is 1. The molecule has 0 aliphatic carbocycles. The van der Waals surface area contributed by atoms with E-state index in [0.717, 1.165) is 24.3 Å². The van der Waals surface area contributed by atoms with Crippen LogP contribution in [0, 0.1) is 0 Å². The van der Waals surface area contributed by atoms with Crippen molar-refractivity contribution in [1.29, 1.82) is 0 Å². The number of benzene rings is 1. The van der Waals surface area contributed by atoms with Crippen molar-refractivity contribution in [2.24, 2.45) is 0 Å². The largest absolute Gasteiger partial charge is 0.508 e. The summed E-state index contributed by atoms with van der Waals surface area (Å²) < 4.78 is 6.91. The highest BCUT2D eigenvalue weighted by Gasteiger charge is 2.03. The molecule has 5 heteroatoms. The average molecular weight is 261 g/mol. The summed E-state index contributed by atoms with van der Waals surface area (Å²) in [6, 6.07) is 9.22. The smallest absolute Gasteiger partial charge is 0.115 e. The minimum atomic E-state index is 0.282. The Morgan fingerprint density at radius 1 is 1.37 bits per heavy atom. The number of phenolic OH excluding ortho intramolecular Hbond substituents is 1. The number of ether oxygens (including phenoxy) is 1. The van der Waals surface area contributed by atoms with Gasteiger partial charge >= 0.3 is 0 Å². The summed E-state index contributed by atoms with van der Waals surface area (Å²) in [7, 11) is 1.69. The van der Waals surface area contributed by atoms with E-state index in [2.05, 4.69) is 10.4 Å². The van der Waals surface area contributed by atoms with Gasteiger partial charge in [-0.05, 0) is 23.8 Å². The minimum Gasteiger partial charge on any atom is -0.508 e. The molecule has 0 fully saturated rings. The SMILES string of the molecule is COCCNCc1ccnn1Cc1cccc(O)c1. The molecular formula is C14H19N3O2. The molecule has 102 valence electrons. The van der Waals surface area contributed by atoms with Crippen molar-refractivity contribution < 1.29 is 9.84 Å². The molecule has 0 saturated heterocycles. The zero-order valence-electron chi connectivity index (χ0n) is 11.0. The molecule has 5 nitrogen and oxygen atoms in total. The van der Waals surface area contributed by atoms with Crippen LogP contribution in [0.25, 0.3) is 0 Å². The fourth-order valence-electron chi connectivity index (χ4n) is 1.87. The van der Waals surface area contributed by atoms with Crippen LogP contribution in [-0.4, -0.2) is 35.1 Å². The minimum absolute atomic E-state index is 0.282. The van der Waals surface area contributed by atoms with Gasteiger partial charge in [-0.2, -0.15) is 5.10 Å². The Morgan fingerprint density at radius 3 is 3.05 bits per heavy atom. The topological polar surface area (TPSA) is 59.3 Å². The van der Waals surface area contributed by atoms with Crippen LogP contribution in [0.5, 0.6) is 5.75 Å². The van der Waals surface area contributed by atoms with E-state index in [0.29, 0.717) is 13.2 Å². The number of rotatable bonds is 7. The molecule has 0 amide bonds. The summed E-state index contributed by atoms with van der Waals surface area (Å²) >= 11 is 0. The van der Waals surface area contributed by atoms with Gasteiger partial charge in [-0.1, -0.05) is 12.1 Å². The van der Waals surface area contributed by atoms with Crippen LogP contribution in [0.3, 0.4) is 0 Å². The molecule has 2 aromatic rings. The van der Waals surface area contributed by atoms with E-state index in [1.807, 2.05) is 22.9 Å². The summed E-state index contributed by atoms with van der Waals surface area (Å²) in [5, 5.41) is 17.1. The number of nitrogens with one attached hydrogen (secondary N) is 1. The molecule has 0 aliphatic rings. The number of aromatic nitrogens is 2. The Morgan fingerprint density at radius 2 is 2.26 bits per heavy atom. The lowest BCUT2D eigenvalue weighted by Gasteiger charge is -2.09. The van der Waals surface area contributed by atoms with Gasteiger partial charge in [0, 0.05) is 26.4 Å². The van der Waals surface area contributed by atoms with E-state index < -0.39 is 0 Å². The van der Waals surface area contributed by atoms with Crippen LogP contribution in [-0.2, 0) is 17.8 Å². The number of hydrogen-bond acceptors (Lipinski definition) is 4. The van der Waals surface area contributed by atoms with Gasteiger partial charge < -0.3 is 15.2 Å². The van der Waals surface area contributed by atoms with Crippen LogP contribution < -0.4 is 5.32 Å². The highest BCUT2D eigenvalue weighted by molar-refractivity contribution is 5.27. The number of aromatic hydroxyl groups is 1. The van der Waals surface area contributed by atoms with Gasteiger partial charge in [0.15, 0.2) is 0 Å². The second kappa shape index (κ2) is 6.92. The predicted molar refractivity (Wildman–Crippen MR) is 73.0 cm³/mol. The van der Waals surface area contributed by atoms with E-state index in [1.165, 1.54) is 0 Å².